The third-order valence-electron chi connectivity index (χ3n) is 6.72. The van der Waals surface area contributed by atoms with Crippen molar-refractivity contribution in [2.24, 2.45) is 34.6 Å². The maximum Gasteiger partial charge on any atom is 0.408 e. The number of aryl methyl sites for hydroxylation is 4. The largest absolute Gasteiger partial charge is 0.408 e. The van der Waals surface area contributed by atoms with Gasteiger partial charge in [0, 0.05) is 48.3 Å². The van der Waals surface area contributed by atoms with Gasteiger partial charge in [0.25, 0.3) is 0 Å². The molecule has 0 saturated carbocycles. The summed E-state index contributed by atoms with van der Waals surface area (Å²) in [5.74, 6) is 0. The van der Waals surface area contributed by atoms with Crippen molar-refractivity contribution in [2.45, 2.75) is 49.0 Å². The Labute approximate surface area is 254 Å². The fourth-order valence-corrected chi connectivity index (χ4v) is 5.69. The Morgan fingerprint density at radius 2 is 1.07 bits per heavy atom. The van der Waals surface area contributed by atoms with Gasteiger partial charge in [0.1, 0.15) is 23.8 Å². The lowest BCUT2D eigenvalue weighted by Gasteiger charge is -2.27. The first-order valence-corrected chi connectivity index (χ1v) is 15.1. The highest BCUT2D eigenvalue weighted by Crippen LogP contribution is 2.29. The van der Waals surface area contributed by atoms with Crippen molar-refractivity contribution in [3.8, 4) is 0 Å². The van der Waals surface area contributed by atoms with Crippen molar-refractivity contribution < 1.29 is 9.13 Å². The highest BCUT2D eigenvalue weighted by Gasteiger charge is 2.13. The molecule has 8 nitrogen and oxygen atoms in total. The molecule has 2 heterocycles. The maximum atomic E-state index is 4.48. The van der Waals surface area contributed by atoms with Crippen LogP contribution in [0.4, 0.5) is 33.0 Å². The Morgan fingerprint density at radius 1 is 0.659 bits per heavy atom. The van der Waals surface area contributed by atoms with Gasteiger partial charge in [-0.1, -0.05) is 14.9 Å². The Bertz CT molecular complexity index is 1330. The first-order chi connectivity index (χ1) is 18.9. The second-order valence-corrected chi connectivity index (χ2v) is 11.2. The van der Waals surface area contributed by atoms with Gasteiger partial charge >= 0.3 is 10.3 Å². The molecule has 0 unspecified atom stereocenters. The highest BCUT2D eigenvalue weighted by molar-refractivity contribution is 7.13. The van der Waals surface area contributed by atoms with Crippen molar-refractivity contribution in [1.29, 1.82) is 0 Å². The fraction of sp³-hybridized carbons (Fsp3) is 0.419. The Morgan fingerprint density at radius 3 is 1.39 bits per heavy atom. The van der Waals surface area contributed by atoms with Gasteiger partial charge in [0.2, 0.25) is 0 Å². The van der Waals surface area contributed by atoms with Crippen molar-refractivity contribution in [1.82, 2.24) is 0 Å². The van der Waals surface area contributed by atoms with Crippen LogP contribution in [0.5, 0.6) is 0 Å². The molecule has 0 bridgehead atoms. The monoisotopic (exact) mass is 594 g/mol. The van der Waals surface area contributed by atoms with E-state index in [-0.39, 0.29) is 14.9 Å². The molecule has 2 aromatic carbocycles. The molecule has 0 amide bonds. The first kappa shape index (κ1) is 33.7. The van der Waals surface area contributed by atoms with Crippen LogP contribution in [-0.2, 0) is 14.1 Å². The number of azo groups is 2. The second-order valence-electron chi connectivity index (χ2n) is 9.45. The van der Waals surface area contributed by atoms with Crippen molar-refractivity contribution in [3.63, 3.8) is 0 Å². The zero-order valence-electron chi connectivity index (χ0n) is 23.7. The third kappa shape index (κ3) is 8.74. The average Bonchev–Trinajstić information content (AvgIpc) is 3.54. The molecule has 0 aliphatic heterocycles. The van der Waals surface area contributed by atoms with Crippen LogP contribution < -0.4 is 18.9 Å². The minimum absolute atomic E-state index is 0. The molecular formula is C31H46N8S2+2. The van der Waals surface area contributed by atoms with Crippen molar-refractivity contribution in [3.05, 3.63) is 70.7 Å². The number of thiazole rings is 2. The zero-order valence-corrected chi connectivity index (χ0v) is 25.3. The Kier molecular flexibility index (Phi) is 13.2. The summed E-state index contributed by atoms with van der Waals surface area (Å²) in [5, 5.41) is 23.6. The maximum absolute atomic E-state index is 4.48. The van der Waals surface area contributed by atoms with Crippen molar-refractivity contribution >= 4 is 55.7 Å². The van der Waals surface area contributed by atoms with E-state index < -0.39 is 0 Å². The van der Waals surface area contributed by atoms with Gasteiger partial charge in [-0.3, -0.25) is 0 Å². The van der Waals surface area contributed by atoms with E-state index in [0.717, 1.165) is 65.4 Å². The molecule has 0 fully saturated rings. The topological polar surface area (TPSA) is 63.7 Å². The number of rotatable bonds is 12. The van der Waals surface area contributed by atoms with E-state index in [1.165, 1.54) is 11.4 Å². The lowest BCUT2D eigenvalue weighted by atomic mass is 10.1. The summed E-state index contributed by atoms with van der Waals surface area (Å²) < 4.78 is 3.95. The number of aromatic nitrogens is 2. The quantitative estimate of drug-likeness (QED) is 0.121. The lowest BCUT2D eigenvalue weighted by molar-refractivity contribution is -0.654. The van der Waals surface area contributed by atoms with Crippen LogP contribution in [0.15, 0.2) is 80.0 Å². The summed E-state index contributed by atoms with van der Waals surface area (Å²) in [4.78, 5) is 4.86. The predicted molar refractivity (Wildman–Crippen MR) is 176 cm³/mol. The average molecular weight is 595 g/mol. The standard InChI is InChI=1S/C29H38N8S2.2CH4/c1-7-36(24-10-12-26(22(3)20-24)30-32-28-34(5)16-18-38-28)14-9-15-37(8-2)25-11-13-27(23(4)21-25)31-33-29-35(6)17-19-39-29;;/h10-13,16-21H,7-9,14-15H2,1-6H3;2*1H4/q+2;;. The van der Waals surface area contributed by atoms with Gasteiger partial charge in [-0.25, -0.2) is 9.13 Å². The van der Waals surface area contributed by atoms with Crippen molar-refractivity contribution in [2.75, 3.05) is 36.0 Å². The van der Waals surface area contributed by atoms with E-state index in [0.29, 0.717) is 0 Å². The summed E-state index contributed by atoms with van der Waals surface area (Å²) in [6.45, 7) is 12.5. The molecule has 0 atom stereocenters. The third-order valence-corrected chi connectivity index (χ3v) is 8.39. The predicted octanol–water partition coefficient (Wildman–Crippen LogP) is 8.92. The van der Waals surface area contributed by atoms with E-state index in [9.17, 15) is 0 Å². The van der Waals surface area contributed by atoms with Crippen LogP contribution in [0.25, 0.3) is 0 Å². The van der Waals surface area contributed by atoms with E-state index in [2.05, 4.69) is 94.3 Å². The number of nitrogens with zero attached hydrogens (tertiary/aromatic N) is 8. The van der Waals surface area contributed by atoms with E-state index >= 15 is 0 Å². The molecule has 0 aliphatic carbocycles. The van der Waals surface area contributed by atoms with Crippen LogP contribution in [0, 0.1) is 13.8 Å². The summed E-state index contributed by atoms with van der Waals surface area (Å²) >= 11 is 3.16. The van der Waals surface area contributed by atoms with Gasteiger partial charge in [-0.05, 0) is 115 Å². The molecule has 41 heavy (non-hydrogen) atoms. The first-order valence-electron chi connectivity index (χ1n) is 13.3. The smallest absolute Gasteiger partial charge is 0.372 e. The molecule has 0 N–H and O–H groups in total. The lowest BCUT2D eigenvalue weighted by Crippen LogP contribution is -2.30. The van der Waals surface area contributed by atoms with Crippen LogP contribution in [0.2, 0.25) is 0 Å². The Balaban J connectivity index is 0.00000294. The summed E-state index contributed by atoms with van der Waals surface area (Å²) in [6, 6.07) is 12.9. The molecule has 220 valence electrons. The van der Waals surface area contributed by atoms with Gasteiger partial charge in [-0.2, -0.15) is 0 Å². The zero-order chi connectivity index (χ0) is 27.8. The molecule has 0 spiro atoms. The minimum Gasteiger partial charge on any atom is -0.372 e. The van der Waals surface area contributed by atoms with Gasteiger partial charge in [0.15, 0.2) is 0 Å². The molecule has 0 saturated heterocycles. The second kappa shape index (κ2) is 16.1. The minimum atomic E-state index is 0. The van der Waals surface area contributed by atoms with E-state index in [1.807, 2.05) is 46.4 Å². The van der Waals surface area contributed by atoms with Gasteiger partial charge < -0.3 is 9.80 Å². The number of hydrogen-bond acceptors (Lipinski definition) is 8. The highest BCUT2D eigenvalue weighted by atomic mass is 32.1. The SMILES string of the molecule is C.C.CCN(CCCN(CC)c1ccc(N=Nc2scc[n+]2C)c(C)c1)c1ccc(N=Nc2scc[n+]2C)c(C)c1. The molecular weight excluding hydrogens is 549 g/mol. The van der Waals surface area contributed by atoms with Crippen LogP contribution >= 0.6 is 22.7 Å². The van der Waals surface area contributed by atoms with Crippen LogP contribution in [-0.4, -0.2) is 26.2 Å². The van der Waals surface area contributed by atoms with Crippen LogP contribution in [0.3, 0.4) is 0 Å². The summed E-state index contributed by atoms with van der Waals surface area (Å²) in [5.41, 5.74) is 6.52. The normalized spacial score (nSPS) is 11.1. The van der Waals surface area contributed by atoms with Gasteiger partial charge in [0.05, 0.1) is 24.3 Å². The van der Waals surface area contributed by atoms with Crippen LogP contribution in [0.1, 0.15) is 46.2 Å². The molecule has 0 radical (unpaired) electrons. The molecule has 2 aromatic heterocycles. The van der Waals surface area contributed by atoms with Gasteiger partial charge in [-0.15, -0.1) is 0 Å². The summed E-state index contributed by atoms with van der Waals surface area (Å²) in [6.07, 6.45) is 5.04. The number of benzene rings is 2. The van der Waals surface area contributed by atoms with E-state index in [4.69, 9.17) is 0 Å². The Hall–Kier alpha value is -3.50. The molecule has 10 heteroatoms. The fourth-order valence-electron chi connectivity index (χ4n) is 4.33. The number of hydrogen-bond donors (Lipinski definition) is 0. The summed E-state index contributed by atoms with van der Waals surface area (Å²) in [7, 11) is 3.96. The molecule has 4 aromatic rings. The number of anilines is 2. The molecule has 0 aliphatic rings. The molecule has 4 rings (SSSR count). The van der Waals surface area contributed by atoms with E-state index in [1.54, 1.807) is 22.7 Å².